The molecule has 1 aromatic carbocycles. The zero-order valence-corrected chi connectivity index (χ0v) is 16.9. The summed E-state index contributed by atoms with van der Waals surface area (Å²) in [6.07, 6.45) is 2.49. The molecule has 0 amide bonds. The second-order valence-electron chi connectivity index (χ2n) is 5.58. The summed E-state index contributed by atoms with van der Waals surface area (Å²) >= 11 is 0. The molecule has 0 saturated heterocycles. The van der Waals surface area contributed by atoms with E-state index in [4.69, 9.17) is 4.74 Å². The van der Waals surface area contributed by atoms with Gasteiger partial charge < -0.3 is 20.1 Å². The SMILES string of the molecule is CCNC(=NCc1cccc(OCC)c1OC(F)F)NCC1CC1.I. The summed E-state index contributed by atoms with van der Waals surface area (Å²) in [6.45, 7) is 3.08. The van der Waals surface area contributed by atoms with Crippen molar-refractivity contribution in [1.82, 2.24) is 10.6 Å². The lowest BCUT2D eigenvalue weighted by molar-refractivity contribution is -0.0520. The predicted octanol–water partition coefficient (Wildman–Crippen LogP) is 3.77. The number of nitrogens with one attached hydrogen (secondary N) is 2. The Hall–Kier alpha value is -1.32. The van der Waals surface area contributed by atoms with Crippen molar-refractivity contribution in [2.75, 3.05) is 19.7 Å². The Balaban J connectivity index is 0.00000312. The van der Waals surface area contributed by atoms with Crippen LogP contribution >= 0.6 is 24.0 Å². The molecule has 0 atom stereocenters. The van der Waals surface area contributed by atoms with Crippen LogP contribution in [0.4, 0.5) is 8.78 Å². The van der Waals surface area contributed by atoms with Crippen LogP contribution in [0, 0.1) is 5.92 Å². The van der Waals surface area contributed by atoms with Crippen molar-refractivity contribution in [2.45, 2.75) is 39.8 Å². The van der Waals surface area contributed by atoms with Gasteiger partial charge in [0.1, 0.15) is 0 Å². The monoisotopic (exact) mass is 469 g/mol. The standard InChI is InChI=1S/C17H25F2N3O2.HI/c1-3-20-17(21-10-12-8-9-12)22-11-13-6-5-7-14(23-4-2)15(13)24-16(18)19;/h5-7,12,16H,3-4,8-11H2,1-2H3,(H2,20,21,22);1H. The summed E-state index contributed by atoms with van der Waals surface area (Å²) < 4.78 is 35.5. The molecule has 8 heteroatoms. The topological polar surface area (TPSA) is 54.9 Å². The van der Waals surface area contributed by atoms with Crippen LogP contribution in [0.3, 0.4) is 0 Å². The summed E-state index contributed by atoms with van der Waals surface area (Å²) in [7, 11) is 0. The Morgan fingerprint density at radius 3 is 2.64 bits per heavy atom. The fraction of sp³-hybridized carbons (Fsp3) is 0.588. The van der Waals surface area contributed by atoms with Gasteiger partial charge in [0.05, 0.1) is 13.2 Å². The summed E-state index contributed by atoms with van der Waals surface area (Å²) in [5.41, 5.74) is 0.560. The van der Waals surface area contributed by atoms with Gasteiger partial charge in [-0.2, -0.15) is 8.78 Å². The minimum Gasteiger partial charge on any atom is -0.490 e. The molecule has 1 saturated carbocycles. The largest absolute Gasteiger partial charge is 0.490 e. The van der Waals surface area contributed by atoms with Gasteiger partial charge in [-0.15, -0.1) is 24.0 Å². The molecule has 1 aromatic rings. The molecular formula is C17H26F2IN3O2. The zero-order chi connectivity index (χ0) is 17.4. The predicted molar refractivity (Wildman–Crippen MR) is 105 cm³/mol. The van der Waals surface area contributed by atoms with Crippen LogP contribution in [-0.4, -0.2) is 32.3 Å². The molecule has 0 heterocycles. The first kappa shape index (κ1) is 21.7. The quantitative estimate of drug-likeness (QED) is 0.329. The van der Waals surface area contributed by atoms with Gasteiger partial charge in [-0.05, 0) is 38.7 Å². The Kier molecular flexibility index (Phi) is 9.84. The lowest BCUT2D eigenvalue weighted by atomic mass is 10.2. The third kappa shape index (κ3) is 7.62. The van der Waals surface area contributed by atoms with Crippen LogP contribution in [0.2, 0.25) is 0 Å². The molecule has 142 valence electrons. The van der Waals surface area contributed by atoms with Crippen molar-refractivity contribution in [3.8, 4) is 11.5 Å². The van der Waals surface area contributed by atoms with E-state index in [1.165, 1.54) is 12.8 Å². The Labute approximate surface area is 164 Å². The molecular weight excluding hydrogens is 443 g/mol. The number of aliphatic imine (C=N–C) groups is 1. The molecule has 0 unspecified atom stereocenters. The van der Waals surface area contributed by atoms with Gasteiger partial charge >= 0.3 is 6.61 Å². The number of nitrogens with zero attached hydrogens (tertiary/aromatic N) is 1. The number of halogens is 3. The molecule has 1 aliphatic rings. The summed E-state index contributed by atoms with van der Waals surface area (Å²) in [6, 6.07) is 5.08. The summed E-state index contributed by atoms with van der Waals surface area (Å²) in [4.78, 5) is 4.47. The van der Waals surface area contributed by atoms with Crippen molar-refractivity contribution < 1.29 is 18.3 Å². The Morgan fingerprint density at radius 2 is 2.04 bits per heavy atom. The van der Waals surface area contributed by atoms with Crippen molar-refractivity contribution in [1.29, 1.82) is 0 Å². The van der Waals surface area contributed by atoms with Gasteiger partial charge in [0.25, 0.3) is 0 Å². The number of rotatable bonds is 9. The van der Waals surface area contributed by atoms with Gasteiger partial charge in [0.15, 0.2) is 17.5 Å². The fourth-order valence-corrected chi connectivity index (χ4v) is 2.25. The van der Waals surface area contributed by atoms with Gasteiger partial charge in [-0.3, -0.25) is 0 Å². The highest BCUT2D eigenvalue weighted by molar-refractivity contribution is 14.0. The van der Waals surface area contributed by atoms with E-state index >= 15 is 0 Å². The number of benzene rings is 1. The van der Waals surface area contributed by atoms with E-state index in [2.05, 4.69) is 20.4 Å². The van der Waals surface area contributed by atoms with E-state index in [-0.39, 0.29) is 36.3 Å². The first-order chi connectivity index (χ1) is 11.6. The molecule has 0 bridgehead atoms. The molecule has 2 N–H and O–H groups in total. The van der Waals surface area contributed by atoms with Crippen LogP contribution in [0.15, 0.2) is 23.2 Å². The Morgan fingerprint density at radius 1 is 1.28 bits per heavy atom. The molecule has 25 heavy (non-hydrogen) atoms. The second-order valence-corrected chi connectivity index (χ2v) is 5.58. The molecule has 0 spiro atoms. The third-order valence-corrected chi connectivity index (χ3v) is 3.57. The number of ether oxygens (including phenoxy) is 2. The van der Waals surface area contributed by atoms with Gasteiger partial charge in [-0.25, -0.2) is 4.99 Å². The number of alkyl halides is 2. The molecule has 1 fully saturated rings. The summed E-state index contributed by atoms with van der Waals surface area (Å²) in [5.74, 6) is 1.75. The Bertz CT molecular complexity index is 555. The number of hydrogen-bond acceptors (Lipinski definition) is 3. The van der Waals surface area contributed by atoms with Crippen LogP contribution < -0.4 is 20.1 Å². The highest BCUT2D eigenvalue weighted by Crippen LogP contribution is 2.33. The minimum absolute atomic E-state index is 0. The van der Waals surface area contributed by atoms with Crippen molar-refractivity contribution in [2.24, 2.45) is 10.9 Å². The molecule has 0 aliphatic heterocycles. The number of hydrogen-bond donors (Lipinski definition) is 2. The minimum atomic E-state index is -2.91. The molecule has 0 radical (unpaired) electrons. The van der Waals surface area contributed by atoms with E-state index < -0.39 is 6.61 Å². The second kappa shape index (κ2) is 11.3. The van der Waals surface area contributed by atoms with E-state index in [0.717, 1.165) is 13.1 Å². The average Bonchev–Trinajstić information content (AvgIpc) is 3.36. The van der Waals surface area contributed by atoms with Crippen LogP contribution in [0.1, 0.15) is 32.3 Å². The van der Waals surface area contributed by atoms with E-state index in [1.54, 1.807) is 25.1 Å². The van der Waals surface area contributed by atoms with Gasteiger partial charge in [0.2, 0.25) is 0 Å². The maximum Gasteiger partial charge on any atom is 0.387 e. The van der Waals surface area contributed by atoms with Crippen molar-refractivity contribution in [3.05, 3.63) is 23.8 Å². The fourth-order valence-electron chi connectivity index (χ4n) is 2.25. The molecule has 1 aliphatic carbocycles. The molecule has 2 rings (SSSR count). The average molecular weight is 469 g/mol. The highest BCUT2D eigenvalue weighted by atomic mass is 127. The summed E-state index contributed by atoms with van der Waals surface area (Å²) in [5, 5.41) is 6.43. The number of guanidine groups is 1. The van der Waals surface area contributed by atoms with E-state index in [1.807, 2.05) is 6.92 Å². The highest BCUT2D eigenvalue weighted by Gasteiger charge is 2.21. The van der Waals surface area contributed by atoms with Crippen molar-refractivity contribution >= 4 is 29.9 Å². The van der Waals surface area contributed by atoms with E-state index in [0.29, 0.717) is 29.8 Å². The normalized spacial score (nSPS) is 14.0. The lowest BCUT2D eigenvalue weighted by Crippen LogP contribution is -2.38. The van der Waals surface area contributed by atoms with Gasteiger partial charge in [-0.1, -0.05) is 12.1 Å². The first-order valence-electron chi connectivity index (χ1n) is 8.35. The molecule has 5 nitrogen and oxygen atoms in total. The lowest BCUT2D eigenvalue weighted by Gasteiger charge is -2.15. The zero-order valence-electron chi connectivity index (χ0n) is 14.6. The maximum absolute atomic E-state index is 12.7. The van der Waals surface area contributed by atoms with Crippen LogP contribution in [-0.2, 0) is 6.54 Å². The van der Waals surface area contributed by atoms with Crippen LogP contribution in [0.25, 0.3) is 0 Å². The van der Waals surface area contributed by atoms with Crippen LogP contribution in [0.5, 0.6) is 11.5 Å². The van der Waals surface area contributed by atoms with E-state index in [9.17, 15) is 8.78 Å². The van der Waals surface area contributed by atoms with Crippen molar-refractivity contribution in [3.63, 3.8) is 0 Å². The maximum atomic E-state index is 12.7. The molecule has 0 aromatic heterocycles. The smallest absolute Gasteiger partial charge is 0.387 e. The number of para-hydroxylation sites is 1. The third-order valence-electron chi connectivity index (χ3n) is 3.57. The first-order valence-corrected chi connectivity index (χ1v) is 8.35. The van der Waals surface area contributed by atoms with Gasteiger partial charge in [0, 0.05) is 18.7 Å².